The van der Waals surface area contributed by atoms with Crippen molar-refractivity contribution < 1.29 is 4.74 Å². The second kappa shape index (κ2) is 5.07. The average molecular weight is 320 g/mol. The summed E-state index contributed by atoms with van der Waals surface area (Å²) in [7, 11) is 0. The third-order valence-corrected chi connectivity index (χ3v) is 3.35. The average Bonchev–Trinajstić information content (AvgIpc) is 2.73. The van der Waals surface area contributed by atoms with Crippen LogP contribution >= 0.6 is 22.6 Å². The summed E-state index contributed by atoms with van der Waals surface area (Å²) in [5.74, 6) is 0. The highest BCUT2D eigenvalue weighted by molar-refractivity contribution is 14.1. The van der Waals surface area contributed by atoms with E-state index < -0.39 is 0 Å². The molecule has 0 bridgehead atoms. The number of hydrogen-bond donors (Lipinski definition) is 0. The summed E-state index contributed by atoms with van der Waals surface area (Å²) < 4.78 is 7.79. The third-order valence-electron chi connectivity index (χ3n) is 2.61. The Balaban J connectivity index is 1.98. The van der Waals surface area contributed by atoms with E-state index in [1.165, 1.54) is 23.7 Å². The fourth-order valence-electron chi connectivity index (χ4n) is 1.76. The van der Waals surface area contributed by atoms with Crippen molar-refractivity contribution in [2.24, 2.45) is 0 Å². The minimum absolute atomic E-state index is 0.0244. The molecule has 0 N–H and O–H groups in total. The molecule has 15 heavy (non-hydrogen) atoms. The summed E-state index contributed by atoms with van der Waals surface area (Å²) >= 11 is 1.99. The zero-order chi connectivity index (χ0) is 10.7. The van der Waals surface area contributed by atoms with Crippen LogP contribution in [-0.4, -0.2) is 15.7 Å². The fraction of sp³-hybridized carbons (Fsp3) is 0.600. The van der Waals surface area contributed by atoms with Crippen LogP contribution in [0.1, 0.15) is 25.7 Å². The highest BCUT2D eigenvalue weighted by Gasteiger charge is 2.15. The molecule has 0 radical (unpaired) electrons. The number of nitrogens with zero attached hydrogens (tertiary/aromatic N) is 2. The maximum absolute atomic E-state index is 11.6. The Morgan fingerprint density at radius 3 is 3.00 bits per heavy atom. The van der Waals surface area contributed by atoms with Gasteiger partial charge in [-0.05, 0) is 35.4 Å². The van der Waals surface area contributed by atoms with Crippen molar-refractivity contribution in [3.63, 3.8) is 0 Å². The monoisotopic (exact) mass is 320 g/mol. The van der Waals surface area contributed by atoms with Crippen molar-refractivity contribution in [2.45, 2.75) is 38.5 Å². The zero-order valence-electron chi connectivity index (χ0n) is 8.36. The molecular formula is C10H13IN2O2. The first-order valence-corrected chi connectivity index (χ1v) is 6.17. The topological polar surface area (TPSA) is 44.1 Å². The first kappa shape index (κ1) is 11.1. The Bertz CT molecular complexity index is 385. The van der Waals surface area contributed by atoms with Crippen LogP contribution in [0.3, 0.4) is 0 Å². The maximum atomic E-state index is 11.6. The van der Waals surface area contributed by atoms with Crippen LogP contribution in [0, 0.1) is 3.57 Å². The quantitative estimate of drug-likeness (QED) is 0.797. The van der Waals surface area contributed by atoms with Crippen molar-refractivity contribution in [3.05, 3.63) is 26.4 Å². The van der Waals surface area contributed by atoms with Crippen LogP contribution in [0.25, 0.3) is 0 Å². The minimum atomic E-state index is -0.0244. The second-order valence-corrected chi connectivity index (χ2v) is 4.88. The van der Waals surface area contributed by atoms with Crippen molar-refractivity contribution in [1.29, 1.82) is 0 Å². The van der Waals surface area contributed by atoms with Crippen LogP contribution in [0.2, 0.25) is 0 Å². The number of halogens is 1. The summed E-state index contributed by atoms with van der Waals surface area (Å²) in [6.45, 7) is 0.327. The van der Waals surface area contributed by atoms with Crippen molar-refractivity contribution in [1.82, 2.24) is 9.55 Å². The van der Waals surface area contributed by atoms with Gasteiger partial charge in [0.2, 0.25) is 0 Å². The molecule has 0 spiro atoms. The van der Waals surface area contributed by atoms with Gasteiger partial charge in [-0.2, -0.15) is 0 Å². The summed E-state index contributed by atoms with van der Waals surface area (Å²) in [4.78, 5) is 15.6. The van der Waals surface area contributed by atoms with Gasteiger partial charge < -0.3 is 4.74 Å². The lowest BCUT2D eigenvalue weighted by Gasteiger charge is -2.12. The Morgan fingerprint density at radius 1 is 1.53 bits per heavy atom. The summed E-state index contributed by atoms with van der Waals surface area (Å²) in [5.41, 5.74) is -0.0244. The predicted molar refractivity (Wildman–Crippen MR) is 64.6 cm³/mol. The molecule has 0 aliphatic heterocycles. The Hall–Kier alpha value is -0.430. The largest absolute Gasteiger partial charge is 0.357 e. The molecule has 0 amide bonds. The van der Waals surface area contributed by atoms with Crippen LogP contribution in [0.4, 0.5) is 0 Å². The number of hydrogen-bond acceptors (Lipinski definition) is 3. The lowest BCUT2D eigenvalue weighted by atomic mass is 10.3. The van der Waals surface area contributed by atoms with E-state index in [4.69, 9.17) is 4.74 Å². The van der Waals surface area contributed by atoms with Gasteiger partial charge >= 0.3 is 0 Å². The molecule has 82 valence electrons. The van der Waals surface area contributed by atoms with Crippen LogP contribution in [-0.2, 0) is 11.5 Å². The van der Waals surface area contributed by atoms with Crippen LogP contribution in [0.15, 0.2) is 17.3 Å². The van der Waals surface area contributed by atoms with Crippen LogP contribution in [0.5, 0.6) is 0 Å². The predicted octanol–water partition coefficient (Wildman–Crippen LogP) is 1.76. The molecule has 4 nitrogen and oxygen atoms in total. The first-order chi connectivity index (χ1) is 7.27. The lowest BCUT2D eigenvalue weighted by Crippen LogP contribution is -2.25. The third kappa shape index (κ3) is 2.78. The SMILES string of the molecule is O=c1c(I)cncn1COC1CCCC1. The zero-order valence-corrected chi connectivity index (χ0v) is 10.5. The summed E-state index contributed by atoms with van der Waals surface area (Å²) in [5, 5.41) is 0. The molecule has 2 rings (SSSR count). The molecule has 1 saturated carbocycles. The molecule has 0 aromatic carbocycles. The number of aromatic nitrogens is 2. The highest BCUT2D eigenvalue weighted by Crippen LogP contribution is 2.20. The van der Waals surface area contributed by atoms with E-state index in [1.54, 1.807) is 6.20 Å². The van der Waals surface area contributed by atoms with Gasteiger partial charge in [0.15, 0.2) is 0 Å². The van der Waals surface area contributed by atoms with Crippen molar-refractivity contribution >= 4 is 22.6 Å². The van der Waals surface area contributed by atoms with Gasteiger partial charge in [0, 0.05) is 6.20 Å². The highest BCUT2D eigenvalue weighted by atomic mass is 127. The maximum Gasteiger partial charge on any atom is 0.268 e. The minimum Gasteiger partial charge on any atom is -0.357 e. The molecule has 1 aromatic heterocycles. The molecule has 1 aromatic rings. The molecular weight excluding hydrogens is 307 g/mol. The number of ether oxygens (including phenoxy) is 1. The van der Waals surface area contributed by atoms with Crippen molar-refractivity contribution in [2.75, 3.05) is 0 Å². The van der Waals surface area contributed by atoms with Crippen LogP contribution < -0.4 is 5.56 Å². The lowest BCUT2D eigenvalue weighted by molar-refractivity contribution is 0.00915. The molecule has 0 saturated heterocycles. The Morgan fingerprint density at radius 2 is 2.27 bits per heavy atom. The normalized spacial score (nSPS) is 17.1. The smallest absolute Gasteiger partial charge is 0.268 e. The Kier molecular flexibility index (Phi) is 3.74. The molecule has 1 fully saturated rings. The standard InChI is InChI=1S/C10H13IN2O2/c11-9-5-12-6-13(10(9)14)7-15-8-3-1-2-4-8/h5-6,8H,1-4,7H2. The fourth-order valence-corrected chi connectivity index (χ4v) is 2.23. The summed E-state index contributed by atoms with van der Waals surface area (Å²) in [6, 6.07) is 0. The van der Waals surface area contributed by atoms with E-state index in [0.717, 1.165) is 12.8 Å². The first-order valence-electron chi connectivity index (χ1n) is 5.09. The van der Waals surface area contributed by atoms with Crippen molar-refractivity contribution in [3.8, 4) is 0 Å². The van der Waals surface area contributed by atoms with Gasteiger partial charge in [-0.15, -0.1) is 0 Å². The molecule has 1 aliphatic carbocycles. The van der Waals surface area contributed by atoms with E-state index in [9.17, 15) is 4.79 Å². The molecule has 0 atom stereocenters. The molecule has 1 aliphatic rings. The molecule has 0 unspecified atom stereocenters. The summed E-state index contributed by atoms with van der Waals surface area (Å²) in [6.07, 6.45) is 8.13. The van der Waals surface area contributed by atoms with Gasteiger partial charge in [-0.1, -0.05) is 12.8 Å². The number of rotatable bonds is 3. The van der Waals surface area contributed by atoms with E-state index in [0.29, 0.717) is 16.4 Å². The van der Waals surface area contributed by atoms with E-state index in [2.05, 4.69) is 4.98 Å². The molecule has 1 heterocycles. The van der Waals surface area contributed by atoms with Gasteiger partial charge in [0.25, 0.3) is 5.56 Å². The van der Waals surface area contributed by atoms with E-state index in [-0.39, 0.29) is 5.56 Å². The Labute approximate surface area is 102 Å². The van der Waals surface area contributed by atoms with E-state index in [1.807, 2.05) is 22.6 Å². The molecule has 5 heteroatoms. The van der Waals surface area contributed by atoms with Gasteiger partial charge in [-0.25, -0.2) is 4.98 Å². The van der Waals surface area contributed by atoms with E-state index >= 15 is 0 Å². The van der Waals surface area contributed by atoms with Gasteiger partial charge in [0.1, 0.15) is 6.73 Å². The van der Waals surface area contributed by atoms with Gasteiger partial charge in [-0.3, -0.25) is 9.36 Å². The second-order valence-electron chi connectivity index (χ2n) is 3.72. The van der Waals surface area contributed by atoms with Gasteiger partial charge in [0.05, 0.1) is 16.0 Å².